The fraction of sp³-hybridized carbons (Fsp3) is 0.800. The molecule has 0 saturated carbocycles. The summed E-state index contributed by atoms with van der Waals surface area (Å²) in [5.74, 6) is -3.06. The molecule has 1 heterocycles. The molecule has 5 atom stereocenters. The summed E-state index contributed by atoms with van der Waals surface area (Å²) in [6.07, 6.45) is -4.25. The second-order valence-electron chi connectivity index (χ2n) is 11.2. The Balaban J connectivity index is 3.34. The summed E-state index contributed by atoms with van der Waals surface area (Å²) in [4.78, 5) is 47.6. The predicted molar refractivity (Wildman–Crippen MR) is 157 cm³/mol. The molecule has 15 nitrogen and oxygen atoms in total. The van der Waals surface area contributed by atoms with Crippen LogP contribution in [0.1, 0.15) is 67.7 Å². The SMILES string of the molecule is CC(=O)OC[C@H]1O[C@@H](S/C(CCCCO[Si](C)(C)C(C)(C)C)=N\OS(=O)(=O)O)[C@H](OC(C)=O)[C@@H](OC(C)=O)[C@@H]1OC(C)=O. The Morgan fingerprint density at radius 2 is 1.42 bits per heavy atom. The van der Waals surface area contributed by atoms with Gasteiger partial charge in [0.25, 0.3) is 0 Å². The zero-order chi connectivity index (χ0) is 33.2. The van der Waals surface area contributed by atoms with E-state index in [0.29, 0.717) is 19.4 Å². The second kappa shape index (κ2) is 16.7. The molecule has 1 rings (SSSR count). The zero-order valence-electron chi connectivity index (χ0n) is 25.9. The van der Waals surface area contributed by atoms with E-state index in [0.717, 1.165) is 39.5 Å². The highest BCUT2D eigenvalue weighted by atomic mass is 32.3. The van der Waals surface area contributed by atoms with E-state index < -0.39 is 79.1 Å². The molecule has 248 valence electrons. The van der Waals surface area contributed by atoms with Crippen molar-refractivity contribution in [1.29, 1.82) is 0 Å². The van der Waals surface area contributed by atoms with Gasteiger partial charge in [0.1, 0.15) is 23.2 Å². The molecule has 1 fully saturated rings. The molecule has 1 saturated heterocycles. The molecule has 0 amide bonds. The van der Waals surface area contributed by atoms with E-state index in [1.807, 2.05) is 0 Å². The largest absolute Gasteiger partial charge is 0.466 e. The highest BCUT2D eigenvalue weighted by molar-refractivity contribution is 8.14. The molecule has 1 N–H and O–H groups in total. The molecule has 0 aliphatic carbocycles. The van der Waals surface area contributed by atoms with Gasteiger partial charge in [-0.05, 0) is 37.4 Å². The van der Waals surface area contributed by atoms with Gasteiger partial charge in [0.2, 0.25) is 0 Å². The van der Waals surface area contributed by atoms with Crippen molar-refractivity contribution in [2.75, 3.05) is 13.2 Å². The lowest BCUT2D eigenvalue weighted by Crippen LogP contribution is -2.61. The van der Waals surface area contributed by atoms with Crippen LogP contribution in [0.15, 0.2) is 5.16 Å². The van der Waals surface area contributed by atoms with Crippen molar-refractivity contribution < 1.29 is 64.5 Å². The van der Waals surface area contributed by atoms with Crippen molar-refractivity contribution in [3.63, 3.8) is 0 Å². The van der Waals surface area contributed by atoms with Crippen molar-refractivity contribution >= 4 is 59.4 Å². The van der Waals surface area contributed by atoms with E-state index in [4.69, 9.17) is 32.7 Å². The van der Waals surface area contributed by atoms with Gasteiger partial charge in [0.05, 0.1) is 0 Å². The van der Waals surface area contributed by atoms with Crippen LogP contribution in [0.5, 0.6) is 0 Å². The summed E-state index contributed by atoms with van der Waals surface area (Å²) in [5.41, 5.74) is -1.26. The van der Waals surface area contributed by atoms with Gasteiger partial charge in [-0.2, -0.15) is 8.42 Å². The van der Waals surface area contributed by atoms with Crippen molar-refractivity contribution in [2.45, 2.75) is 116 Å². The first-order valence-corrected chi connectivity index (χ1v) is 18.6. The fourth-order valence-corrected chi connectivity index (χ4v) is 6.03. The van der Waals surface area contributed by atoms with Crippen LogP contribution in [0.3, 0.4) is 0 Å². The van der Waals surface area contributed by atoms with Crippen molar-refractivity contribution in [2.24, 2.45) is 5.16 Å². The topological polar surface area (TPSA) is 200 Å². The summed E-state index contributed by atoms with van der Waals surface area (Å²) < 4.78 is 69.4. The van der Waals surface area contributed by atoms with Crippen molar-refractivity contribution in [1.82, 2.24) is 0 Å². The van der Waals surface area contributed by atoms with Crippen LogP contribution in [-0.2, 0) is 62.0 Å². The van der Waals surface area contributed by atoms with Crippen LogP contribution in [0.25, 0.3) is 0 Å². The van der Waals surface area contributed by atoms with Crippen LogP contribution in [0.4, 0.5) is 0 Å². The quantitative estimate of drug-likeness (QED) is 0.0412. The van der Waals surface area contributed by atoms with Gasteiger partial charge in [-0.3, -0.25) is 23.7 Å². The monoisotopic (exact) mass is 673 g/mol. The number of rotatable bonds is 14. The zero-order valence-corrected chi connectivity index (χ0v) is 28.6. The normalized spacial score (nSPS) is 23.2. The van der Waals surface area contributed by atoms with Crippen LogP contribution < -0.4 is 0 Å². The fourth-order valence-electron chi connectivity index (χ4n) is 3.55. The first-order chi connectivity index (χ1) is 19.6. The molecule has 0 aromatic carbocycles. The van der Waals surface area contributed by atoms with E-state index in [2.05, 4.69) is 43.3 Å². The Morgan fingerprint density at radius 3 is 1.91 bits per heavy atom. The number of nitrogens with zero attached hydrogens (tertiary/aromatic N) is 1. The van der Waals surface area contributed by atoms with E-state index in [1.54, 1.807) is 0 Å². The maximum Gasteiger partial charge on any atom is 0.466 e. The van der Waals surface area contributed by atoms with Gasteiger partial charge in [0.15, 0.2) is 26.6 Å². The summed E-state index contributed by atoms with van der Waals surface area (Å²) in [5, 5.41) is 3.56. The molecule has 1 aliphatic heterocycles. The molecule has 0 bridgehead atoms. The average Bonchev–Trinajstić information content (AvgIpc) is 2.82. The second-order valence-corrected chi connectivity index (χ2v) is 18.2. The molecular formula is C25H43NO14S2Si. The average molecular weight is 674 g/mol. The van der Waals surface area contributed by atoms with Crippen LogP contribution >= 0.6 is 11.8 Å². The molecule has 18 heteroatoms. The lowest BCUT2D eigenvalue weighted by atomic mass is 9.99. The lowest BCUT2D eigenvalue weighted by Gasteiger charge is -2.44. The third-order valence-corrected chi connectivity index (χ3v) is 12.5. The Labute approximate surface area is 257 Å². The van der Waals surface area contributed by atoms with Crippen LogP contribution in [0.2, 0.25) is 18.1 Å². The number of carbonyl (C=O) groups is 4. The Morgan fingerprint density at radius 1 is 0.884 bits per heavy atom. The Kier molecular flexibility index (Phi) is 15.1. The molecule has 0 unspecified atom stereocenters. The van der Waals surface area contributed by atoms with E-state index in [9.17, 15) is 27.6 Å². The molecule has 0 radical (unpaired) electrons. The van der Waals surface area contributed by atoms with Crippen LogP contribution in [-0.4, -0.2) is 93.3 Å². The van der Waals surface area contributed by atoms with Crippen molar-refractivity contribution in [3.05, 3.63) is 0 Å². The Hall–Kier alpha value is -2.25. The van der Waals surface area contributed by atoms with Gasteiger partial charge < -0.3 is 28.1 Å². The standard InChI is InChI=1S/C25H43NO14S2Si/c1-15(27)34-14-19-21(36-16(2)28)22(37-17(3)29)23(38-18(4)30)24(39-19)41-20(26-40-42(31,32)33)12-10-11-13-35-43(8,9)25(5,6)7/h19,21-24H,10-14H2,1-9H3,(H,31,32,33)/b26-20-/t19-,21-,22+,23-,24+/m1/s1. The van der Waals surface area contributed by atoms with E-state index in [-0.39, 0.29) is 16.5 Å². The molecule has 0 spiro atoms. The van der Waals surface area contributed by atoms with Crippen LogP contribution in [0, 0.1) is 0 Å². The number of unbranched alkanes of at least 4 members (excludes halogenated alkanes) is 1. The number of hydrogen-bond donors (Lipinski definition) is 1. The molecular weight excluding hydrogens is 630 g/mol. The first-order valence-electron chi connectivity index (χ1n) is 13.5. The van der Waals surface area contributed by atoms with Gasteiger partial charge in [-0.1, -0.05) is 37.7 Å². The van der Waals surface area contributed by atoms with Gasteiger partial charge in [0, 0.05) is 34.3 Å². The highest BCUT2D eigenvalue weighted by Gasteiger charge is 2.52. The lowest BCUT2D eigenvalue weighted by molar-refractivity contribution is -0.237. The van der Waals surface area contributed by atoms with Crippen molar-refractivity contribution in [3.8, 4) is 0 Å². The summed E-state index contributed by atoms with van der Waals surface area (Å²) in [6, 6.07) is 0. The van der Waals surface area contributed by atoms with Gasteiger partial charge in [-0.25, -0.2) is 4.28 Å². The summed E-state index contributed by atoms with van der Waals surface area (Å²) in [7, 11) is -6.97. The third-order valence-electron chi connectivity index (χ3n) is 6.49. The van der Waals surface area contributed by atoms with Gasteiger partial charge in [-0.15, -0.1) is 0 Å². The molecule has 0 aromatic heterocycles. The van der Waals surface area contributed by atoms with E-state index in [1.165, 1.54) is 0 Å². The maximum atomic E-state index is 12.1. The number of esters is 4. The number of ether oxygens (including phenoxy) is 5. The molecule has 43 heavy (non-hydrogen) atoms. The minimum absolute atomic E-state index is 0.00542. The Bertz CT molecular complexity index is 1120. The highest BCUT2D eigenvalue weighted by Crippen LogP contribution is 2.37. The van der Waals surface area contributed by atoms with Gasteiger partial charge >= 0.3 is 34.3 Å². The molecule has 0 aromatic rings. The minimum Gasteiger partial charge on any atom is -0.463 e. The number of oxime groups is 1. The third kappa shape index (κ3) is 14.4. The minimum atomic E-state index is -4.97. The maximum absolute atomic E-state index is 12.1. The number of carbonyl (C=O) groups excluding carboxylic acids is 4. The first kappa shape index (κ1) is 38.8. The molecule has 1 aliphatic rings. The summed E-state index contributed by atoms with van der Waals surface area (Å²) >= 11 is 0.760. The predicted octanol–water partition coefficient (Wildman–Crippen LogP) is 3.13. The number of thioether (sulfide) groups is 1. The number of hydrogen-bond acceptors (Lipinski definition) is 15. The smallest absolute Gasteiger partial charge is 0.463 e. The van der Waals surface area contributed by atoms with E-state index >= 15 is 0 Å². The summed E-state index contributed by atoms with van der Waals surface area (Å²) in [6.45, 7) is 15.0.